The molecular formula is C17H10Cl4N2S2. The van der Waals surface area contributed by atoms with E-state index in [9.17, 15) is 0 Å². The molecule has 128 valence electrons. The zero-order chi connectivity index (χ0) is 18.8. The second kappa shape index (κ2) is 8.26. The van der Waals surface area contributed by atoms with Crippen molar-refractivity contribution in [2.75, 3.05) is 0 Å². The summed E-state index contributed by atoms with van der Waals surface area (Å²) < 4.78 is 0. The van der Waals surface area contributed by atoms with Crippen LogP contribution < -0.4 is 0 Å². The SMILES string of the molecule is CC(C)(c1cc(Cl)c(N=C=S)c(Cl)c1)c1cc(Cl)c(N=C=S)c(Cl)c1. The Hall–Kier alpha value is -0.800. The zero-order valence-electron chi connectivity index (χ0n) is 13.0. The molecule has 0 aromatic heterocycles. The van der Waals surface area contributed by atoms with Gasteiger partial charge in [-0.3, -0.25) is 0 Å². The van der Waals surface area contributed by atoms with Crippen molar-refractivity contribution >= 4 is 92.5 Å². The minimum Gasteiger partial charge on any atom is -0.192 e. The molecule has 0 amide bonds. The van der Waals surface area contributed by atoms with E-state index in [1.165, 1.54) is 0 Å². The summed E-state index contributed by atoms with van der Waals surface area (Å²) in [7, 11) is 0. The van der Waals surface area contributed by atoms with Crippen LogP contribution in [0.3, 0.4) is 0 Å². The minimum atomic E-state index is -0.486. The summed E-state index contributed by atoms with van der Waals surface area (Å²) in [6.07, 6.45) is 0. The number of isothiocyanates is 2. The smallest absolute Gasteiger partial charge is 0.111 e. The van der Waals surface area contributed by atoms with Gasteiger partial charge in [0.15, 0.2) is 0 Å². The number of halogens is 4. The normalized spacial score (nSPS) is 10.8. The Morgan fingerprint density at radius 3 is 1.24 bits per heavy atom. The van der Waals surface area contributed by atoms with Gasteiger partial charge < -0.3 is 0 Å². The van der Waals surface area contributed by atoms with E-state index >= 15 is 0 Å². The lowest BCUT2D eigenvalue weighted by Gasteiger charge is -2.27. The summed E-state index contributed by atoms with van der Waals surface area (Å²) in [6.45, 7) is 4.00. The Balaban J connectivity index is 2.63. The summed E-state index contributed by atoms with van der Waals surface area (Å²) >= 11 is 34.4. The van der Waals surface area contributed by atoms with Crippen LogP contribution in [-0.2, 0) is 5.41 Å². The first-order chi connectivity index (χ1) is 11.7. The average Bonchev–Trinajstić information content (AvgIpc) is 2.53. The zero-order valence-corrected chi connectivity index (χ0v) is 17.7. The van der Waals surface area contributed by atoms with E-state index in [0.29, 0.717) is 31.5 Å². The van der Waals surface area contributed by atoms with Gasteiger partial charge in [-0.05, 0) is 59.8 Å². The number of nitrogens with zero attached hydrogens (tertiary/aromatic N) is 2. The van der Waals surface area contributed by atoms with Gasteiger partial charge >= 0.3 is 0 Å². The van der Waals surface area contributed by atoms with Crippen LogP contribution in [-0.4, -0.2) is 10.3 Å². The van der Waals surface area contributed by atoms with Gasteiger partial charge in [0.25, 0.3) is 0 Å². The molecule has 0 heterocycles. The van der Waals surface area contributed by atoms with Crippen molar-refractivity contribution in [2.24, 2.45) is 9.98 Å². The number of hydrogen-bond acceptors (Lipinski definition) is 4. The highest BCUT2D eigenvalue weighted by Gasteiger charge is 2.27. The van der Waals surface area contributed by atoms with E-state index in [4.69, 9.17) is 46.4 Å². The van der Waals surface area contributed by atoms with Crippen LogP contribution in [0.4, 0.5) is 11.4 Å². The third-order valence-electron chi connectivity index (χ3n) is 3.79. The van der Waals surface area contributed by atoms with Crippen LogP contribution in [0.5, 0.6) is 0 Å². The summed E-state index contributed by atoms with van der Waals surface area (Å²) in [5.74, 6) is 0. The van der Waals surface area contributed by atoms with E-state index in [-0.39, 0.29) is 0 Å². The van der Waals surface area contributed by atoms with Crippen LogP contribution in [0.25, 0.3) is 0 Å². The maximum atomic E-state index is 6.28. The molecule has 2 rings (SSSR count). The average molecular weight is 448 g/mol. The van der Waals surface area contributed by atoms with Crippen molar-refractivity contribution in [3.63, 3.8) is 0 Å². The van der Waals surface area contributed by atoms with Gasteiger partial charge in [-0.25, -0.2) is 0 Å². The van der Waals surface area contributed by atoms with Crippen LogP contribution in [0, 0.1) is 0 Å². The first-order valence-electron chi connectivity index (χ1n) is 6.87. The predicted molar refractivity (Wildman–Crippen MR) is 114 cm³/mol. The highest BCUT2D eigenvalue weighted by atomic mass is 35.5. The second-order valence-electron chi connectivity index (χ2n) is 5.61. The molecule has 0 saturated heterocycles. The molecule has 0 aliphatic heterocycles. The lowest BCUT2D eigenvalue weighted by Crippen LogP contribution is -2.19. The Morgan fingerprint density at radius 1 is 0.720 bits per heavy atom. The van der Waals surface area contributed by atoms with Gasteiger partial charge in [0.05, 0.1) is 30.4 Å². The van der Waals surface area contributed by atoms with E-state index < -0.39 is 5.41 Å². The molecule has 0 radical (unpaired) electrons. The van der Waals surface area contributed by atoms with Crippen molar-refractivity contribution in [1.29, 1.82) is 0 Å². The molecule has 0 spiro atoms. The molecule has 0 unspecified atom stereocenters. The molecule has 2 aromatic rings. The Labute approximate surface area is 176 Å². The summed E-state index contributed by atoms with van der Waals surface area (Å²) in [5, 5.41) is 6.06. The molecule has 25 heavy (non-hydrogen) atoms. The second-order valence-corrected chi connectivity index (χ2v) is 7.60. The molecule has 0 saturated carbocycles. The van der Waals surface area contributed by atoms with Gasteiger partial charge in [0.1, 0.15) is 11.4 Å². The summed E-state index contributed by atoms with van der Waals surface area (Å²) in [5.41, 5.74) is 2.02. The molecule has 2 nitrogen and oxygen atoms in total. The van der Waals surface area contributed by atoms with Crippen molar-refractivity contribution < 1.29 is 0 Å². The highest BCUT2D eigenvalue weighted by Crippen LogP contribution is 2.43. The molecule has 0 fully saturated rings. The van der Waals surface area contributed by atoms with E-state index in [0.717, 1.165) is 11.1 Å². The van der Waals surface area contributed by atoms with Crippen LogP contribution in [0.15, 0.2) is 34.3 Å². The molecule has 2 aromatic carbocycles. The number of rotatable bonds is 4. The van der Waals surface area contributed by atoms with Crippen molar-refractivity contribution in [3.05, 3.63) is 55.5 Å². The predicted octanol–water partition coefficient (Wildman–Crippen LogP) is 8.09. The Kier molecular flexibility index (Phi) is 6.78. The van der Waals surface area contributed by atoms with E-state index in [1.54, 1.807) is 24.3 Å². The van der Waals surface area contributed by atoms with Crippen molar-refractivity contribution in [3.8, 4) is 0 Å². The number of benzene rings is 2. The standard InChI is InChI=1S/C17H10Cl4N2S2/c1-17(2,9-3-11(18)15(22-7-24)12(19)4-9)10-5-13(20)16(23-8-25)14(21)6-10/h3-6H,1-2H3. The largest absolute Gasteiger partial charge is 0.192 e. The maximum absolute atomic E-state index is 6.28. The van der Waals surface area contributed by atoms with Gasteiger partial charge in [0.2, 0.25) is 0 Å². The van der Waals surface area contributed by atoms with E-state index in [2.05, 4.69) is 44.7 Å². The molecule has 0 aliphatic carbocycles. The lowest BCUT2D eigenvalue weighted by atomic mass is 9.78. The highest BCUT2D eigenvalue weighted by molar-refractivity contribution is 7.78. The van der Waals surface area contributed by atoms with Crippen LogP contribution in [0.1, 0.15) is 25.0 Å². The fourth-order valence-electron chi connectivity index (χ4n) is 2.32. The molecule has 0 bridgehead atoms. The molecular weight excluding hydrogens is 438 g/mol. The third kappa shape index (κ3) is 4.31. The third-order valence-corrected chi connectivity index (χ3v) is 5.13. The summed E-state index contributed by atoms with van der Waals surface area (Å²) in [4.78, 5) is 7.78. The Bertz CT molecular complexity index is 822. The first-order valence-corrected chi connectivity index (χ1v) is 9.20. The first kappa shape index (κ1) is 20.5. The van der Waals surface area contributed by atoms with Gasteiger partial charge in [0, 0.05) is 5.41 Å². The van der Waals surface area contributed by atoms with Crippen LogP contribution in [0.2, 0.25) is 20.1 Å². The topological polar surface area (TPSA) is 24.7 Å². The molecule has 0 atom stereocenters. The van der Waals surface area contributed by atoms with Crippen molar-refractivity contribution in [1.82, 2.24) is 0 Å². The number of aliphatic imine (C=N–C) groups is 2. The molecule has 0 N–H and O–H groups in total. The number of thiocarbonyl (C=S) groups is 2. The summed E-state index contributed by atoms with van der Waals surface area (Å²) in [6, 6.07) is 7.13. The lowest BCUT2D eigenvalue weighted by molar-refractivity contribution is 0.641. The van der Waals surface area contributed by atoms with Gasteiger partial charge in [-0.1, -0.05) is 60.3 Å². The quantitative estimate of drug-likeness (QED) is 0.349. The fourth-order valence-corrected chi connectivity index (χ4v) is 3.65. The molecule has 0 aliphatic rings. The maximum Gasteiger partial charge on any atom is 0.111 e. The molecule has 8 heteroatoms. The Morgan fingerprint density at radius 2 is 1.00 bits per heavy atom. The monoisotopic (exact) mass is 446 g/mol. The van der Waals surface area contributed by atoms with Gasteiger partial charge in [-0.15, -0.1) is 0 Å². The van der Waals surface area contributed by atoms with Crippen LogP contribution >= 0.6 is 70.8 Å². The fraction of sp³-hybridized carbons (Fsp3) is 0.176. The number of hydrogen-bond donors (Lipinski definition) is 0. The van der Waals surface area contributed by atoms with Gasteiger partial charge in [-0.2, -0.15) is 9.98 Å². The van der Waals surface area contributed by atoms with Crippen molar-refractivity contribution in [2.45, 2.75) is 19.3 Å². The minimum absolute atomic E-state index is 0.382. The van der Waals surface area contributed by atoms with E-state index in [1.807, 2.05) is 13.8 Å².